The van der Waals surface area contributed by atoms with E-state index in [1.807, 2.05) is 0 Å². The molecule has 1 unspecified atom stereocenters. The molecule has 1 aliphatic carbocycles. The Bertz CT molecular complexity index is 1270. The van der Waals surface area contributed by atoms with Crippen LogP contribution in [-0.4, -0.2) is 0 Å². The number of hydrogen-bond donors (Lipinski definition) is 0. The van der Waals surface area contributed by atoms with Gasteiger partial charge in [-0.15, -0.1) is 26.3 Å². The average molecular weight is 537 g/mol. The van der Waals surface area contributed by atoms with Crippen molar-refractivity contribution in [3.8, 4) is 22.3 Å². The van der Waals surface area contributed by atoms with Crippen LogP contribution in [0, 0.1) is 11.8 Å². The van der Waals surface area contributed by atoms with Crippen molar-refractivity contribution in [3.05, 3.63) is 109 Å². The second kappa shape index (κ2) is 18.3. The van der Waals surface area contributed by atoms with Crippen LogP contribution in [0.5, 0.6) is 0 Å². The molecule has 0 aromatic heterocycles. The lowest BCUT2D eigenvalue weighted by atomic mass is 9.79. The molecule has 0 spiro atoms. The fourth-order valence-corrected chi connectivity index (χ4v) is 5.31. The maximum absolute atomic E-state index is 3.00. The lowest BCUT2D eigenvalue weighted by Crippen LogP contribution is -2.38. The number of benzene rings is 3. The molecule has 0 radical (unpaired) electrons. The van der Waals surface area contributed by atoms with Gasteiger partial charge >= 0.3 is 0 Å². The minimum absolute atomic E-state index is 0.610. The van der Waals surface area contributed by atoms with E-state index in [9.17, 15) is 0 Å². The summed E-state index contributed by atoms with van der Waals surface area (Å²) in [6, 6.07) is 23.2. The molecule has 0 N–H and O–H groups in total. The zero-order chi connectivity index (χ0) is 30.2. The van der Waals surface area contributed by atoms with Gasteiger partial charge in [-0.25, -0.2) is 0 Å². The first-order valence-electron chi connectivity index (χ1n) is 15.4. The Morgan fingerprint density at radius 1 is 0.600 bits per heavy atom. The predicted octanol–water partition coefficient (Wildman–Crippen LogP) is 11.0. The molecule has 0 nitrogen and oxygen atoms in total. The number of aryl methyl sites for hydroxylation is 2. The van der Waals surface area contributed by atoms with Gasteiger partial charge in [0.2, 0.25) is 0 Å². The molecule has 0 saturated heterocycles. The highest BCUT2D eigenvalue weighted by molar-refractivity contribution is 5.79. The Labute approximate surface area is 247 Å². The molecule has 4 rings (SSSR count). The van der Waals surface area contributed by atoms with Crippen molar-refractivity contribution >= 4 is 11.1 Å². The summed E-state index contributed by atoms with van der Waals surface area (Å²) in [5, 5.41) is 3.03. The van der Waals surface area contributed by atoms with E-state index in [-0.39, 0.29) is 0 Å². The highest BCUT2D eigenvalue weighted by Gasteiger charge is 2.21. The Balaban J connectivity index is 0.000000789. The SMILES string of the molecule is C=C.C=C.CCC(C)C.CCC1=c2c(-c3ccc(CC)cc3)ccc(-c3ccc(CC)cc3)c2=C(CC)C(C)C1. The molecule has 0 bridgehead atoms. The summed E-state index contributed by atoms with van der Waals surface area (Å²) < 4.78 is 0. The predicted molar refractivity (Wildman–Crippen MR) is 184 cm³/mol. The van der Waals surface area contributed by atoms with E-state index in [1.54, 1.807) is 11.1 Å². The second-order valence-corrected chi connectivity index (χ2v) is 10.8. The van der Waals surface area contributed by atoms with E-state index in [4.69, 9.17) is 0 Å². The van der Waals surface area contributed by atoms with E-state index in [0.717, 1.165) is 31.6 Å². The first-order valence-corrected chi connectivity index (χ1v) is 15.4. The Hall–Kier alpha value is -3.12. The van der Waals surface area contributed by atoms with Crippen molar-refractivity contribution in [3.63, 3.8) is 0 Å². The highest BCUT2D eigenvalue weighted by Crippen LogP contribution is 2.30. The minimum Gasteiger partial charge on any atom is -0.106 e. The molecule has 1 atom stereocenters. The van der Waals surface area contributed by atoms with Gasteiger partial charge in [0.1, 0.15) is 0 Å². The highest BCUT2D eigenvalue weighted by atomic mass is 14.3. The molecule has 0 heterocycles. The summed E-state index contributed by atoms with van der Waals surface area (Å²) in [7, 11) is 0. The summed E-state index contributed by atoms with van der Waals surface area (Å²) in [4.78, 5) is 0. The van der Waals surface area contributed by atoms with Gasteiger partial charge in [-0.1, -0.05) is 134 Å². The van der Waals surface area contributed by atoms with E-state index in [1.165, 1.54) is 56.7 Å². The van der Waals surface area contributed by atoms with E-state index in [2.05, 4.69) is 142 Å². The number of rotatable bonds is 7. The lowest BCUT2D eigenvalue weighted by Gasteiger charge is -2.25. The zero-order valence-corrected chi connectivity index (χ0v) is 27.0. The molecular weight excluding hydrogens is 480 g/mol. The molecular formula is C40H56. The molecule has 0 saturated carbocycles. The molecule has 0 aliphatic heterocycles. The van der Waals surface area contributed by atoms with E-state index in [0.29, 0.717) is 5.92 Å². The van der Waals surface area contributed by atoms with Crippen molar-refractivity contribution in [2.75, 3.05) is 0 Å². The Morgan fingerprint density at radius 2 is 1.00 bits per heavy atom. The fraction of sp³-hybridized carbons (Fsp3) is 0.400. The van der Waals surface area contributed by atoms with Crippen LogP contribution in [0.4, 0.5) is 0 Å². The topological polar surface area (TPSA) is 0 Å². The van der Waals surface area contributed by atoms with Crippen LogP contribution in [0.1, 0.15) is 92.2 Å². The maximum Gasteiger partial charge on any atom is -0.0105 e. The van der Waals surface area contributed by atoms with Gasteiger partial charge in [-0.05, 0) is 87.8 Å². The Morgan fingerprint density at radius 3 is 1.32 bits per heavy atom. The summed E-state index contributed by atoms with van der Waals surface area (Å²) in [6.07, 6.45) is 6.89. The standard InChI is InChI=1S/C31H36.C5H12.2C2H4/c1-6-22-10-14-25(15-11-22)28-18-19-29(26-16-12-23(7-2)13-17-26)31-27(9-4)21(5)20-24(8-3)30(28)31;1-4-5(2)3;2*1-2/h10-19,21H,6-9,20H2,1-5H3;5H,4H2,1-3H3;2*1-2H2. The number of hydrogen-bond acceptors (Lipinski definition) is 0. The average Bonchev–Trinajstić information content (AvgIpc) is 3.02. The van der Waals surface area contributed by atoms with Gasteiger partial charge in [0.25, 0.3) is 0 Å². The summed E-state index contributed by atoms with van der Waals surface area (Å²) in [5.41, 5.74) is 11.5. The van der Waals surface area contributed by atoms with E-state index < -0.39 is 0 Å². The van der Waals surface area contributed by atoms with Crippen LogP contribution in [0.3, 0.4) is 0 Å². The van der Waals surface area contributed by atoms with Gasteiger partial charge in [-0.2, -0.15) is 0 Å². The van der Waals surface area contributed by atoms with Gasteiger partial charge in [0.15, 0.2) is 0 Å². The normalized spacial score (nSPS) is 13.7. The first-order chi connectivity index (χ1) is 19.4. The van der Waals surface area contributed by atoms with E-state index >= 15 is 0 Å². The van der Waals surface area contributed by atoms with Crippen LogP contribution in [0.15, 0.2) is 87.0 Å². The van der Waals surface area contributed by atoms with Crippen molar-refractivity contribution in [2.45, 2.75) is 93.9 Å². The van der Waals surface area contributed by atoms with Crippen molar-refractivity contribution in [2.24, 2.45) is 11.8 Å². The van der Waals surface area contributed by atoms with Gasteiger partial charge < -0.3 is 0 Å². The van der Waals surface area contributed by atoms with Crippen LogP contribution in [0.25, 0.3) is 33.4 Å². The molecule has 3 aromatic rings. The minimum atomic E-state index is 0.610. The van der Waals surface area contributed by atoms with Crippen molar-refractivity contribution in [1.29, 1.82) is 0 Å². The first kappa shape index (κ1) is 34.9. The molecule has 0 amide bonds. The van der Waals surface area contributed by atoms with Crippen LogP contribution in [0.2, 0.25) is 0 Å². The lowest BCUT2D eigenvalue weighted by molar-refractivity contribution is 0.626. The fourth-order valence-electron chi connectivity index (χ4n) is 5.31. The molecule has 0 fully saturated rings. The van der Waals surface area contributed by atoms with Crippen molar-refractivity contribution < 1.29 is 0 Å². The molecule has 216 valence electrons. The van der Waals surface area contributed by atoms with Crippen LogP contribution < -0.4 is 10.4 Å². The third kappa shape index (κ3) is 8.69. The summed E-state index contributed by atoms with van der Waals surface area (Å²) in [6.45, 7) is 30.2. The third-order valence-electron chi connectivity index (χ3n) is 8.00. The quantitative estimate of drug-likeness (QED) is 0.263. The third-order valence-corrected chi connectivity index (χ3v) is 8.00. The van der Waals surface area contributed by atoms with Crippen LogP contribution in [-0.2, 0) is 12.8 Å². The summed E-state index contributed by atoms with van der Waals surface area (Å²) in [5.74, 6) is 1.49. The van der Waals surface area contributed by atoms with Crippen molar-refractivity contribution in [1.82, 2.24) is 0 Å². The molecule has 1 aliphatic rings. The van der Waals surface area contributed by atoms with Gasteiger partial charge in [-0.3, -0.25) is 0 Å². The summed E-state index contributed by atoms with van der Waals surface area (Å²) >= 11 is 0. The second-order valence-electron chi connectivity index (χ2n) is 10.8. The Kier molecular flexibility index (Phi) is 15.9. The van der Waals surface area contributed by atoms with Gasteiger partial charge in [0, 0.05) is 0 Å². The molecule has 3 aromatic carbocycles. The zero-order valence-electron chi connectivity index (χ0n) is 27.0. The van der Waals surface area contributed by atoms with Crippen LogP contribution >= 0.6 is 0 Å². The molecule has 0 heteroatoms. The number of fused-ring (bicyclic) bond motifs is 1. The maximum atomic E-state index is 3.00. The largest absolute Gasteiger partial charge is 0.106 e. The van der Waals surface area contributed by atoms with Gasteiger partial charge in [0.05, 0.1) is 0 Å². The smallest absolute Gasteiger partial charge is 0.0105 e. The monoisotopic (exact) mass is 536 g/mol. The molecule has 40 heavy (non-hydrogen) atoms.